The van der Waals surface area contributed by atoms with E-state index >= 15 is 0 Å². The van der Waals surface area contributed by atoms with E-state index in [9.17, 15) is 13.2 Å². The monoisotopic (exact) mass is 314 g/mol. The molecule has 0 spiro atoms. The lowest BCUT2D eigenvalue weighted by atomic mass is 9.94. The summed E-state index contributed by atoms with van der Waals surface area (Å²) in [6, 6.07) is 0. The molecule has 0 aromatic carbocycles. The highest BCUT2D eigenvalue weighted by Gasteiger charge is 2.46. The summed E-state index contributed by atoms with van der Waals surface area (Å²) in [6.45, 7) is 2.13. The van der Waals surface area contributed by atoms with Crippen molar-refractivity contribution in [2.75, 3.05) is 21.3 Å². The van der Waals surface area contributed by atoms with Crippen molar-refractivity contribution >= 4 is 0 Å². The van der Waals surface area contributed by atoms with Crippen LogP contribution in [0.5, 0.6) is 0 Å². The molecule has 0 N–H and O–H groups in total. The van der Waals surface area contributed by atoms with Crippen molar-refractivity contribution < 1.29 is 27.4 Å². The third-order valence-electron chi connectivity index (χ3n) is 3.74. The van der Waals surface area contributed by atoms with Crippen molar-refractivity contribution in [3.63, 3.8) is 0 Å². The first-order chi connectivity index (χ1) is 9.85. The fourth-order valence-electron chi connectivity index (χ4n) is 2.60. The molecule has 6 heteroatoms. The first-order valence-electron chi connectivity index (χ1n) is 7.57. The maximum atomic E-state index is 12.8. The lowest BCUT2D eigenvalue weighted by Gasteiger charge is -2.36. The summed E-state index contributed by atoms with van der Waals surface area (Å²) in [5.74, 6) is -2.50. The van der Waals surface area contributed by atoms with E-state index in [0.717, 1.165) is 25.7 Å². The molecule has 0 radical (unpaired) electrons. The maximum absolute atomic E-state index is 12.8. The van der Waals surface area contributed by atoms with Gasteiger partial charge in [-0.15, -0.1) is 0 Å². The Kier molecular flexibility index (Phi) is 10.2. The van der Waals surface area contributed by atoms with Crippen LogP contribution in [0.1, 0.15) is 58.3 Å². The van der Waals surface area contributed by atoms with Gasteiger partial charge >= 0.3 is 6.18 Å². The first-order valence-corrected chi connectivity index (χ1v) is 7.57. The van der Waals surface area contributed by atoms with Gasteiger partial charge in [0.1, 0.15) is 0 Å². The molecule has 0 fully saturated rings. The smallest absolute Gasteiger partial charge is 0.331 e. The fraction of sp³-hybridized carbons (Fsp3) is 1.00. The molecule has 0 aromatic rings. The summed E-state index contributed by atoms with van der Waals surface area (Å²) in [5.41, 5.74) is 0. The molecule has 0 bridgehead atoms. The molecule has 1 atom stereocenters. The Hall–Kier alpha value is -0.330. The van der Waals surface area contributed by atoms with Crippen LogP contribution < -0.4 is 0 Å². The number of hydrogen-bond acceptors (Lipinski definition) is 3. The van der Waals surface area contributed by atoms with Gasteiger partial charge in [-0.05, 0) is 6.42 Å². The molecule has 0 saturated carbocycles. The highest BCUT2D eigenvalue weighted by molar-refractivity contribution is 4.74. The second-order valence-corrected chi connectivity index (χ2v) is 5.29. The Labute approximate surface area is 126 Å². The largest absolute Gasteiger partial charge is 0.389 e. The number of ether oxygens (including phenoxy) is 3. The molecule has 128 valence electrons. The minimum Gasteiger partial charge on any atom is -0.331 e. The zero-order chi connectivity index (χ0) is 16.4. The summed E-state index contributed by atoms with van der Waals surface area (Å²) in [4.78, 5) is 0. The number of rotatable bonds is 12. The van der Waals surface area contributed by atoms with Crippen molar-refractivity contribution in [1.82, 2.24) is 0 Å². The normalized spacial score (nSPS) is 14.4. The molecule has 0 rings (SSSR count). The van der Waals surface area contributed by atoms with Gasteiger partial charge in [0.2, 0.25) is 0 Å². The van der Waals surface area contributed by atoms with Crippen LogP contribution in [0.15, 0.2) is 0 Å². The van der Waals surface area contributed by atoms with Gasteiger partial charge in [0.25, 0.3) is 5.97 Å². The number of unbranched alkanes of at least 4 members (excludes halogenated alkanes) is 5. The number of hydrogen-bond donors (Lipinski definition) is 0. The number of alkyl halides is 3. The van der Waals surface area contributed by atoms with E-state index in [1.807, 2.05) is 0 Å². The van der Waals surface area contributed by atoms with E-state index in [2.05, 4.69) is 6.92 Å². The summed E-state index contributed by atoms with van der Waals surface area (Å²) in [6.07, 6.45) is 1.24. The van der Waals surface area contributed by atoms with E-state index < -0.39 is 24.5 Å². The van der Waals surface area contributed by atoms with Crippen LogP contribution in [0.3, 0.4) is 0 Å². The van der Waals surface area contributed by atoms with E-state index in [1.165, 1.54) is 27.8 Å². The molecule has 0 heterocycles. The molecule has 0 aromatic heterocycles. The lowest BCUT2D eigenvalue weighted by molar-refractivity contribution is -0.387. The predicted octanol–water partition coefficient (Wildman–Crippen LogP) is 4.90. The predicted molar refractivity (Wildman–Crippen MR) is 75.9 cm³/mol. The zero-order valence-electron chi connectivity index (χ0n) is 13.6. The third-order valence-corrected chi connectivity index (χ3v) is 3.74. The van der Waals surface area contributed by atoms with Crippen LogP contribution in [-0.4, -0.2) is 33.5 Å². The second-order valence-electron chi connectivity index (χ2n) is 5.29. The molecule has 1 unspecified atom stereocenters. The molecule has 0 amide bonds. The molecule has 21 heavy (non-hydrogen) atoms. The van der Waals surface area contributed by atoms with Crippen LogP contribution >= 0.6 is 0 Å². The standard InChI is InChI=1S/C15H29F3O3/c1-5-6-7-8-9-10-11-13(12-14(16,17)18)15(19-2,20-3)21-4/h13H,5-12H2,1-4H3. The molecule has 0 saturated heterocycles. The minimum atomic E-state index is -4.27. The Bertz CT molecular complexity index is 245. The van der Waals surface area contributed by atoms with Crippen molar-refractivity contribution in [2.45, 2.75) is 70.4 Å². The number of methoxy groups -OCH3 is 3. The highest BCUT2D eigenvalue weighted by atomic mass is 19.4. The SMILES string of the molecule is CCCCCCCCC(CC(F)(F)F)C(OC)(OC)OC. The van der Waals surface area contributed by atoms with Gasteiger partial charge in [0.05, 0.1) is 6.42 Å². The Morgan fingerprint density at radius 3 is 1.71 bits per heavy atom. The zero-order valence-corrected chi connectivity index (χ0v) is 13.6. The van der Waals surface area contributed by atoms with Crippen molar-refractivity contribution in [2.24, 2.45) is 5.92 Å². The van der Waals surface area contributed by atoms with E-state index in [4.69, 9.17) is 14.2 Å². The van der Waals surface area contributed by atoms with E-state index in [0.29, 0.717) is 12.8 Å². The second kappa shape index (κ2) is 10.4. The Morgan fingerprint density at radius 1 is 0.810 bits per heavy atom. The van der Waals surface area contributed by atoms with Gasteiger partial charge in [-0.1, -0.05) is 45.4 Å². The molecule has 0 aliphatic carbocycles. The summed E-state index contributed by atoms with van der Waals surface area (Å²) < 4.78 is 53.5. The first kappa shape index (κ1) is 20.7. The molecule has 0 aliphatic heterocycles. The summed E-state index contributed by atoms with van der Waals surface area (Å²) >= 11 is 0. The maximum Gasteiger partial charge on any atom is 0.389 e. The van der Waals surface area contributed by atoms with E-state index in [-0.39, 0.29) is 0 Å². The molecular weight excluding hydrogens is 285 g/mol. The topological polar surface area (TPSA) is 27.7 Å². The van der Waals surface area contributed by atoms with Gasteiger partial charge in [0, 0.05) is 27.2 Å². The van der Waals surface area contributed by atoms with Crippen LogP contribution in [0.4, 0.5) is 13.2 Å². The molecular formula is C15H29F3O3. The summed E-state index contributed by atoms with van der Waals surface area (Å²) in [5, 5.41) is 0. The average molecular weight is 314 g/mol. The van der Waals surface area contributed by atoms with Crippen LogP contribution in [0.25, 0.3) is 0 Å². The van der Waals surface area contributed by atoms with Crippen LogP contribution in [0.2, 0.25) is 0 Å². The quantitative estimate of drug-likeness (QED) is 0.379. The fourth-order valence-corrected chi connectivity index (χ4v) is 2.60. The van der Waals surface area contributed by atoms with Crippen molar-refractivity contribution in [3.8, 4) is 0 Å². The van der Waals surface area contributed by atoms with Crippen molar-refractivity contribution in [1.29, 1.82) is 0 Å². The third kappa shape index (κ3) is 8.02. The average Bonchev–Trinajstić information content (AvgIpc) is 2.43. The van der Waals surface area contributed by atoms with Gasteiger partial charge in [-0.2, -0.15) is 13.2 Å². The van der Waals surface area contributed by atoms with Gasteiger partial charge < -0.3 is 14.2 Å². The van der Waals surface area contributed by atoms with Crippen molar-refractivity contribution in [3.05, 3.63) is 0 Å². The molecule has 3 nitrogen and oxygen atoms in total. The highest BCUT2D eigenvalue weighted by Crippen LogP contribution is 2.37. The van der Waals surface area contributed by atoms with Crippen LogP contribution in [-0.2, 0) is 14.2 Å². The molecule has 0 aliphatic rings. The Balaban J connectivity index is 4.53. The van der Waals surface area contributed by atoms with Gasteiger partial charge in [0.15, 0.2) is 0 Å². The van der Waals surface area contributed by atoms with Crippen LogP contribution in [0, 0.1) is 5.92 Å². The summed E-state index contributed by atoms with van der Waals surface area (Å²) in [7, 11) is 3.91. The van der Waals surface area contributed by atoms with Gasteiger partial charge in [-0.3, -0.25) is 0 Å². The Morgan fingerprint density at radius 2 is 1.29 bits per heavy atom. The van der Waals surface area contributed by atoms with Gasteiger partial charge in [-0.25, -0.2) is 0 Å². The number of halogens is 3. The minimum absolute atomic E-state index is 0.362. The van der Waals surface area contributed by atoms with E-state index in [1.54, 1.807) is 0 Å². The lowest BCUT2D eigenvalue weighted by Crippen LogP contribution is -2.45.